The van der Waals surface area contributed by atoms with Crippen molar-refractivity contribution >= 4 is 16.9 Å². The van der Waals surface area contributed by atoms with Crippen molar-refractivity contribution in [2.24, 2.45) is 0 Å². The first-order chi connectivity index (χ1) is 8.56. The monoisotopic (exact) mass is 247 g/mol. The van der Waals surface area contributed by atoms with Gasteiger partial charge >= 0.3 is 5.97 Å². The maximum atomic E-state index is 11.9. The fourth-order valence-corrected chi connectivity index (χ4v) is 1.83. The average molecular weight is 247 g/mol. The molecule has 2 rings (SSSR count). The third-order valence-electron chi connectivity index (χ3n) is 2.75. The number of hydrogen-bond donors (Lipinski definition) is 1. The summed E-state index contributed by atoms with van der Waals surface area (Å²) in [5.74, 6) is 0.0706. The van der Waals surface area contributed by atoms with E-state index in [2.05, 4.69) is 9.72 Å². The lowest BCUT2D eigenvalue weighted by Gasteiger charge is -2.07. The standard InChI is InChI=1S/C13H13NO4/c1-7-4-9-8(5-12(7)17-2)11(15)6-10(14-9)13(16)18-3/h4-6H,1-3H3,(H,14,15). The number of carbonyl (C=O) groups excluding carboxylic acids is 1. The van der Waals surface area contributed by atoms with Gasteiger partial charge in [-0.2, -0.15) is 0 Å². The molecule has 0 aliphatic rings. The quantitative estimate of drug-likeness (QED) is 0.819. The van der Waals surface area contributed by atoms with Crippen LogP contribution in [0.15, 0.2) is 23.0 Å². The van der Waals surface area contributed by atoms with Crippen LogP contribution in [0.2, 0.25) is 0 Å². The maximum absolute atomic E-state index is 11.9. The largest absolute Gasteiger partial charge is 0.496 e. The molecule has 1 aromatic heterocycles. The molecular formula is C13H13NO4. The second kappa shape index (κ2) is 4.52. The number of nitrogens with one attached hydrogen (secondary N) is 1. The molecule has 0 aliphatic heterocycles. The molecule has 5 heteroatoms. The van der Waals surface area contributed by atoms with E-state index in [9.17, 15) is 9.59 Å². The zero-order chi connectivity index (χ0) is 13.3. The summed E-state index contributed by atoms with van der Waals surface area (Å²) in [5.41, 5.74) is 1.35. The molecule has 1 aromatic carbocycles. The number of aryl methyl sites for hydroxylation is 1. The van der Waals surface area contributed by atoms with Gasteiger partial charge in [0.05, 0.1) is 19.7 Å². The van der Waals surface area contributed by atoms with Crippen molar-refractivity contribution in [1.29, 1.82) is 0 Å². The van der Waals surface area contributed by atoms with Crippen LogP contribution < -0.4 is 10.2 Å². The first-order valence-corrected chi connectivity index (χ1v) is 5.37. The molecule has 0 radical (unpaired) electrons. The van der Waals surface area contributed by atoms with E-state index in [4.69, 9.17) is 4.74 Å². The van der Waals surface area contributed by atoms with Crippen molar-refractivity contribution in [3.63, 3.8) is 0 Å². The number of aromatic nitrogens is 1. The number of carbonyl (C=O) groups is 1. The lowest BCUT2D eigenvalue weighted by Crippen LogP contribution is -2.11. The third kappa shape index (κ3) is 1.95. The SMILES string of the molecule is COC(=O)c1cc(=O)c2cc(OC)c(C)cc2[nH]1. The molecule has 0 bridgehead atoms. The van der Waals surface area contributed by atoms with Gasteiger partial charge in [-0.25, -0.2) is 4.79 Å². The summed E-state index contributed by atoms with van der Waals surface area (Å²) >= 11 is 0. The highest BCUT2D eigenvalue weighted by molar-refractivity contribution is 5.91. The predicted octanol–water partition coefficient (Wildman–Crippen LogP) is 1.63. The number of aromatic amines is 1. The number of pyridine rings is 1. The molecule has 2 aromatic rings. The normalized spacial score (nSPS) is 10.4. The van der Waals surface area contributed by atoms with Gasteiger partial charge in [0.2, 0.25) is 0 Å². The number of esters is 1. The van der Waals surface area contributed by atoms with Crippen LogP contribution in [0.3, 0.4) is 0 Å². The first-order valence-electron chi connectivity index (χ1n) is 5.37. The van der Waals surface area contributed by atoms with Crippen LogP contribution in [0.4, 0.5) is 0 Å². The summed E-state index contributed by atoms with van der Waals surface area (Å²) in [7, 11) is 2.81. The van der Waals surface area contributed by atoms with Gasteiger partial charge in [-0.05, 0) is 24.6 Å². The highest BCUT2D eigenvalue weighted by Crippen LogP contribution is 2.22. The number of fused-ring (bicyclic) bond motifs is 1. The summed E-state index contributed by atoms with van der Waals surface area (Å²) < 4.78 is 9.74. The van der Waals surface area contributed by atoms with Gasteiger partial charge in [0, 0.05) is 11.5 Å². The summed E-state index contributed by atoms with van der Waals surface area (Å²) in [6, 6.07) is 4.65. The fraction of sp³-hybridized carbons (Fsp3) is 0.231. The van der Waals surface area contributed by atoms with Crippen molar-refractivity contribution in [1.82, 2.24) is 4.98 Å². The molecule has 0 amide bonds. The molecule has 18 heavy (non-hydrogen) atoms. The Morgan fingerprint density at radius 1 is 1.22 bits per heavy atom. The van der Waals surface area contributed by atoms with Crippen LogP contribution in [-0.4, -0.2) is 25.2 Å². The van der Waals surface area contributed by atoms with Gasteiger partial charge in [-0.15, -0.1) is 0 Å². The molecule has 0 saturated carbocycles. The lowest BCUT2D eigenvalue weighted by molar-refractivity contribution is 0.0594. The smallest absolute Gasteiger partial charge is 0.354 e. The Kier molecular flexibility index (Phi) is 3.06. The number of ether oxygens (including phenoxy) is 2. The first kappa shape index (κ1) is 12.2. The van der Waals surface area contributed by atoms with Crippen LogP contribution in [0, 0.1) is 6.92 Å². The van der Waals surface area contributed by atoms with E-state index in [1.807, 2.05) is 6.92 Å². The summed E-state index contributed by atoms with van der Waals surface area (Å²) in [5, 5.41) is 0.477. The van der Waals surface area contributed by atoms with Crippen molar-refractivity contribution < 1.29 is 14.3 Å². The lowest BCUT2D eigenvalue weighted by atomic mass is 10.1. The van der Waals surface area contributed by atoms with Crippen LogP contribution in [0.1, 0.15) is 16.1 Å². The van der Waals surface area contributed by atoms with E-state index in [0.717, 1.165) is 5.56 Å². The maximum Gasteiger partial charge on any atom is 0.354 e. The van der Waals surface area contributed by atoms with E-state index < -0.39 is 5.97 Å². The van der Waals surface area contributed by atoms with Crippen molar-refractivity contribution in [2.45, 2.75) is 6.92 Å². The number of methoxy groups -OCH3 is 2. The van der Waals surface area contributed by atoms with Gasteiger partial charge in [-0.1, -0.05) is 0 Å². The molecule has 0 fully saturated rings. The molecule has 1 N–H and O–H groups in total. The molecule has 0 spiro atoms. The van der Waals surface area contributed by atoms with Crippen molar-refractivity contribution in [2.75, 3.05) is 14.2 Å². The Balaban J connectivity index is 2.74. The van der Waals surface area contributed by atoms with Gasteiger partial charge in [-0.3, -0.25) is 4.79 Å². The van der Waals surface area contributed by atoms with Crippen LogP contribution in [0.5, 0.6) is 5.75 Å². The van der Waals surface area contributed by atoms with Crippen LogP contribution in [-0.2, 0) is 4.74 Å². The Bertz CT molecular complexity index is 672. The van der Waals surface area contributed by atoms with Gasteiger partial charge < -0.3 is 14.5 Å². The Morgan fingerprint density at radius 2 is 1.94 bits per heavy atom. The minimum absolute atomic E-state index is 0.138. The number of H-pyrrole nitrogens is 1. The summed E-state index contributed by atoms with van der Waals surface area (Å²) in [6.45, 7) is 1.86. The molecule has 0 unspecified atom stereocenters. The number of hydrogen-bond acceptors (Lipinski definition) is 4. The van der Waals surface area contributed by atoms with Gasteiger partial charge in [0.25, 0.3) is 0 Å². The van der Waals surface area contributed by atoms with E-state index in [-0.39, 0.29) is 11.1 Å². The fourth-order valence-electron chi connectivity index (χ4n) is 1.83. The van der Waals surface area contributed by atoms with E-state index in [0.29, 0.717) is 16.7 Å². The van der Waals surface area contributed by atoms with Gasteiger partial charge in [0.1, 0.15) is 11.4 Å². The zero-order valence-electron chi connectivity index (χ0n) is 10.4. The predicted molar refractivity (Wildman–Crippen MR) is 67.2 cm³/mol. The second-order valence-electron chi connectivity index (χ2n) is 3.91. The molecule has 0 aliphatic carbocycles. The zero-order valence-corrected chi connectivity index (χ0v) is 10.4. The van der Waals surface area contributed by atoms with Gasteiger partial charge in [0.15, 0.2) is 5.43 Å². The summed E-state index contributed by atoms with van der Waals surface area (Å²) in [6.07, 6.45) is 0. The minimum Gasteiger partial charge on any atom is -0.496 e. The van der Waals surface area contributed by atoms with E-state index in [1.54, 1.807) is 19.2 Å². The van der Waals surface area contributed by atoms with Crippen LogP contribution >= 0.6 is 0 Å². The van der Waals surface area contributed by atoms with E-state index >= 15 is 0 Å². The molecule has 5 nitrogen and oxygen atoms in total. The van der Waals surface area contributed by atoms with Crippen molar-refractivity contribution in [3.8, 4) is 5.75 Å². The highest BCUT2D eigenvalue weighted by atomic mass is 16.5. The molecule has 0 saturated heterocycles. The Morgan fingerprint density at radius 3 is 2.56 bits per heavy atom. The van der Waals surface area contributed by atoms with Crippen LogP contribution in [0.25, 0.3) is 10.9 Å². The average Bonchev–Trinajstić information content (AvgIpc) is 2.36. The highest BCUT2D eigenvalue weighted by Gasteiger charge is 2.11. The molecular weight excluding hydrogens is 234 g/mol. The second-order valence-corrected chi connectivity index (χ2v) is 3.91. The van der Waals surface area contributed by atoms with E-state index in [1.165, 1.54) is 13.2 Å². The number of rotatable bonds is 2. The van der Waals surface area contributed by atoms with Crippen molar-refractivity contribution in [3.05, 3.63) is 39.7 Å². The third-order valence-corrected chi connectivity index (χ3v) is 2.75. The molecule has 0 atom stereocenters. The summed E-state index contributed by atoms with van der Waals surface area (Å²) in [4.78, 5) is 26.2. The molecule has 1 heterocycles. The molecule has 94 valence electrons. The Labute approximate surface area is 103 Å². The number of benzene rings is 1. The topological polar surface area (TPSA) is 68.4 Å². The Hall–Kier alpha value is -2.30. The minimum atomic E-state index is -0.567.